The molecule has 0 aliphatic carbocycles. The van der Waals surface area contributed by atoms with E-state index < -0.39 is 0 Å². The lowest BCUT2D eigenvalue weighted by atomic mass is 10.1. The maximum Gasteiger partial charge on any atom is 0.117 e. The molecule has 2 heteroatoms. The number of benzene rings is 1. The number of aromatic hydroxyl groups is 1. The van der Waals surface area contributed by atoms with Gasteiger partial charge < -0.3 is 5.11 Å². The quantitative estimate of drug-likeness (QED) is 0.619. The van der Waals surface area contributed by atoms with Crippen molar-refractivity contribution in [2.24, 2.45) is 4.99 Å². The molecular formula is C10H9NO. The second kappa shape index (κ2) is 2.81. The molecular weight excluding hydrogens is 150 g/mol. The molecule has 1 aliphatic heterocycles. The minimum absolute atomic E-state index is 0.265. The summed E-state index contributed by atoms with van der Waals surface area (Å²) in [5.41, 5.74) is 1.89. The minimum atomic E-state index is 0.265. The predicted molar refractivity (Wildman–Crippen MR) is 49.9 cm³/mol. The molecule has 0 amide bonds. The topological polar surface area (TPSA) is 32.6 Å². The van der Waals surface area contributed by atoms with Crippen molar-refractivity contribution in [1.29, 1.82) is 0 Å². The van der Waals surface area contributed by atoms with Crippen molar-refractivity contribution in [1.82, 2.24) is 0 Å². The molecule has 2 nitrogen and oxygen atoms in total. The highest BCUT2D eigenvalue weighted by atomic mass is 16.3. The van der Waals surface area contributed by atoms with E-state index in [9.17, 15) is 5.11 Å². The van der Waals surface area contributed by atoms with E-state index in [-0.39, 0.29) is 5.75 Å². The van der Waals surface area contributed by atoms with E-state index in [2.05, 4.69) is 4.99 Å². The second-order valence-corrected chi connectivity index (χ2v) is 2.69. The van der Waals surface area contributed by atoms with Gasteiger partial charge in [0.25, 0.3) is 0 Å². The fourth-order valence-corrected chi connectivity index (χ4v) is 1.19. The first kappa shape index (κ1) is 7.10. The lowest BCUT2D eigenvalue weighted by Crippen LogP contribution is -1.72. The summed E-state index contributed by atoms with van der Waals surface area (Å²) in [6, 6.07) is 5.20. The molecule has 0 spiro atoms. The molecule has 0 atom stereocenters. The smallest absolute Gasteiger partial charge is 0.117 e. The lowest BCUT2D eigenvalue weighted by Gasteiger charge is -1.98. The van der Waals surface area contributed by atoms with Gasteiger partial charge in [0.1, 0.15) is 5.75 Å². The Hall–Kier alpha value is -1.57. The number of fused-ring (bicyclic) bond motifs is 1. The van der Waals surface area contributed by atoms with Crippen LogP contribution in [0.25, 0.3) is 6.08 Å². The van der Waals surface area contributed by atoms with Gasteiger partial charge in [0.15, 0.2) is 0 Å². The van der Waals surface area contributed by atoms with Crippen LogP contribution in [0.1, 0.15) is 12.0 Å². The van der Waals surface area contributed by atoms with E-state index in [0.29, 0.717) is 0 Å². The van der Waals surface area contributed by atoms with Gasteiger partial charge in [0, 0.05) is 24.3 Å². The van der Waals surface area contributed by atoms with Crippen molar-refractivity contribution >= 4 is 18.0 Å². The Bertz CT molecular complexity index is 353. The zero-order valence-corrected chi connectivity index (χ0v) is 6.57. The zero-order chi connectivity index (χ0) is 8.39. The standard InChI is InChI=1S/C10H9NO/c12-9-5-4-8-3-1-2-6-11-10(8)7-9/h1,3-7,12H,2H2. The number of phenols is 1. The molecule has 12 heavy (non-hydrogen) atoms. The fraction of sp³-hybridized carbons (Fsp3) is 0.100. The molecule has 0 fully saturated rings. The first-order chi connectivity index (χ1) is 5.86. The molecule has 60 valence electrons. The molecule has 0 bridgehead atoms. The van der Waals surface area contributed by atoms with Crippen molar-refractivity contribution in [3.05, 3.63) is 29.8 Å². The first-order valence-electron chi connectivity index (χ1n) is 3.88. The molecule has 1 aromatic carbocycles. The van der Waals surface area contributed by atoms with Crippen molar-refractivity contribution in [2.45, 2.75) is 6.42 Å². The molecule has 1 heterocycles. The number of hydrogen-bond acceptors (Lipinski definition) is 2. The lowest BCUT2D eigenvalue weighted by molar-refractivity contribution is 0.475. The molecule has 0 saturated carbocycles. The van der Waals surface area contributed by atoms with Crippen LogP contribution in [0.5, 0.6) is 5.75 Å². The first-order valence-corrected chi connectivity index (χ1v) is 3.88. The van der Waals surface area contributed by atoms with Gasteiger partial charge in [-0.05, 0) is 12.1 Å². The zero-order valence-electron chi connectivity index (χ0n) is 6.57. The van der Waals surface area contributed by atoms with Crippen LogP contribution in [-0.2, 0) is 0 Å². The van der Waals surface area contributed by atoms with Crippen molar-refractivity contribution in [3.8, 4) is 5.75 Å². The molecule has 1 aromatic rings. The van der Waals surface area contributed by atoms with Crippen LogP contribution < -0.4 is 0 Å². The summed E-state index contributed by atoms with van der Waals surface area (Å²) < 4.78 is 0. The second-order valence-electron chi connectivity index (χ2n) is 2.69. The summed E-state index contributed by atoms with van der Waals surface area (Å²) in [5, 5.41) is 9.18. The van der Waals surface area contributed by atoms with Crippen LogP contribution in [-0.4, -0.2) is 11.3 Å². The Morgan fingerprint density at radius 1 is 1.33 bits per heavy atom. The molecule has 0 saturated heterocycles. The molecule has 2 rings (SSSR count). The highest BCUT2D eigenvalue weighted by Crippen LogP contribution is 2.26. The predicted octanol–water partition coefficient (Wildman–Crippen LogP) is 2.51. The van der Waals surface area contributed by atoms with Crippen molar-refractivity contribution in [2.75, 3.05) is 0 Å². The third-order valence-electron chi connectivity index (χ3n) is 1.78. The van der Waals surface area contributed by atoms with Crippen molar-refractivity contribution < 1.29 is 5.11 Å². The largest absolute Gasteiger partial charge is 0.508 e. The van der Waals surface area contributed by atoms with E-state index >= 15 is 0 Å². The average molecular weight is 159 g/mol. The maximum absolute atomic E-state index is 9.18. The van der Waals surface area contributed by atoms with Crippen LogP contribution in [0.15, 0.2) is 29.3 Å². The minimum Gasteiger partial charge on any atom is -0.508 e. The SMILES string of the molecule is Oc1ccc2c(c1)N=CCC=C2. The summed E-state index contributed by atoms with van der Waals surface area (Å²) in [7, 11) is 0. The van der Waals surface area contributed by atoms with Gasteiger partial charge >= 0.3 is 0 Å². The molecule has 1 N–H and O–H groups in total. The Kier molecular flexibility index (Phi) is 1.67. The van der Waals surface area contributed by atoms with Crippen LogP contribution in [0.4, 0.5) is 5.69 Å². The van der Waals surface area contributed by atoms with Crippen LogP contribution in [0.3, 0.4) is 0 Å². The van der Waals surface area contributed by atoms with Crippen LogP contribution in [0, 0.1) is 0 Å². The summed E-state index contributed by atoms with van der Waals surface area (Å²) in [4.78, 5) is 4.20. The van der Waals surface area contributed by atoms with Gasteiger partial charge in [-0.3, -0.25) is 4.99 Å². The third kappa shape index (κ3) is 1.23. The number of hydrogen-bond donors (Lipinski definition) is 1. The average Bonchev–Trinajstić information content (AvgIpc) is 2.28. The molecule has 0 radical (unpaired) electrons. The monoisotopic (exact) mass is 159 g/mol. The number of nitrogens with zero attached hydrogens (tertiary/aromatic N) is 1. The van der Waals surface area contributed by atoms with Gasteiger partial charge in [-0.1, -0.05) is 12.2 Å². The Labute approximate surface area is 70.9 Å². The van der Waals surface area contributed by atoms with Gasteiger partial charge in [0.2, 0.25) is 0 Å². The highest BCUT2D eigenvalue weighted by Gasteiger charge is 2.00. The molecule has 0 unspecified atom stereocenters. The van der Waals surface area contributed by atoms with E-state index in [0.717, 1.165) is 17.7 Å². The number of rotatable bonds is 0. The summed E-state index contributed by atoms with van der Waals surface area (Å²) in [6.45, 7) is 0. The Balaban J connectivity index is 2.58. The van der Waals surface area contributed by atoms with Gasteiger partial charge in [-0.2, -0.15) is 0 Å². The van der Waals surface area contributed by atoms with Gasteiger partial charge in [0.05, 0.1) is 5.69 Å². The Morgan fingerprint density at radius 2 is 2.25 bits per heavy atom. The van der Waals surface area contributed by atoms with E-state index in [1.807, 2.05) is 24.4 Å². The van der Waals surface area contributed by atoms with E-state index in [1.54, 1.807) is 12.1 Å². The van der Waals surface area contributed by atoms with Crippen molar-refractivity contribution in [3.63, 3.8) is 0 Å². The normalized spacial score (nSPS) is 14.0. The van der Waals surface area contributed by atoms with Gasteiger partial charge in [-0.25, -0.2) is 0 Å². The summed E-state index contributed by atoms with van der Waals surface area (Å²) >= 11 is 0. The number of allylic oxidation sites excluding steroid dienone is 1. The van der Waals surface area contributed by atoms with E-state index in [1.165, 1.54) is 0 Å². The molecule has 0 aromatic heterocycles. The summed E-state index contributed by atoms with van der Waals surface area (Å²) in [5.74, 6) is 0.265. The third-order valence-corrected chi connectivity index (χ3v) is 1.78. The van der Waals surface area contributed by atoms with Crippen LogP contribution in [0.2, 0.25) is 0 Å². The Morgan fingerprint density at radius 3 is 3.17 bits per heavy atom. The van der Waals surface area contributed by atoms with E-state index in [4.69, 9.17) is 0 Å². The highest BCUT2D eigenvalue weighted by molar-refractivity contribution is 5.76. The van der Waals surface area contributed by atoms with Crippen LogP contribution >= 0.6 is 0 Å². The van der Waals surface area contributed by atoms with Gasteiger partial charge in [-0.15, -0.1) is 0 Å². The summed E-state index contributed by atoms with van der Waals surface area (Å²) in [6.07, 6.45) is 6.76. The molecule has 1 aliphatic rings. The fourth-order valence-electron chi connectivity index (χ4n) is 1.19. The maximum atomic E-state index is 9.18. The number of aliphatic imine (C=N–C) groups is 1. The number of phenolic OH excluding ortho intramolecular Hbond substituents is 1.